The third-order valence-electron chi connectivity index (χ3n) is 2.03. The molecule has 1 aromatic heterocycles. The van der Waals surface area contributed by atoms with Crippen molar-refractivity contribution >= 4 is 5.69 Å². The summed E-state index contributed by atoms with van der Waals surface area (Å²) >= 11 is 0. The van der Waals surface area contributed by atoms with E-state index < -0.39 is 4.92 Å². The quantitative estimate of drug-likeness (QED) is 0.604. The van der Waals surface area contributed by atoms with Crippen LogP contribution in [0.5, 0.6) is 5.75 Å². The molecule has 1 heterocycles. The van der Waals surface area contributed by atoms with Gasteiger partial charge in [-0.1, -0.05) is 17.3 Å². The van der Waals surface area contributed by atoms with E-state index in [9.17, 15) is 10.1 Å². The number of rotatable bonds is 5. The summed E-state index contributed by atoms with van der Waals surface area (Å²) < 4.78 is 5.31. The molecule has 0 atom stereocenters. The highest BCUT2D eigenvalue weighted by atomic mass is 16.6. The van der Waals surface area contributed by atoms with Crippen LogP contribution < -0.4 is 4.74 Å². The summed E-state index contributed by atoms with van der Waals surface area (Å²) in [5.41, 5.74) is -0.0550. The number of nitro benzene ring substituents is 1. The Morgan fingerprint density at radius 1 is 1.41 bits per heavy atom. The van der Waals surface area contributed by atoms with E-state index >= 15 is 0 Å². The van der Waals surface area contributed by atoms with Crippen molar-refractivity contribution in [2.45, 2.75) is 6.42 Å². The van der Waals surface area contributed by atoms with Gasteiger partial charge < -0.3 is 4.74 Å². The highest BCUT2D eigenvalue weighted by Crippen LogP contribution is 2.25. The van der Waals surface area contributed by atoms with Crippen molar-refractivity contribution in [2.75, 3.05) is 6.61 Å². The van der Waals surface area contributed by atoms with Gasteiger partial charge in [0.05, 0.1) is 11.5 Å². The Kier molecular flexibility index (Phi) is 3.24. The molecular weight excluding hydrogens is 226 g/mol. The van der Waals surface area contributed by atoms with Gasteiger partial charge >= 0.3 is 5.69 Å². The standard InChI is InChI=1S/C9H9N5O3/c15-14(16)7-3-1-2-4-8(7)17-6-5-9-10-12-13-11-9/h1-4H,5-6H2,(H,10,11,12,13). The molecule has 8 heteroatoms. The number of benzene rings is 1. The zero-order valence-corrected chi connectivity index (χ0v) is 8.74. The van der Waals surface area contributed by atoms with Crippen molar-refractivity contribution in [1.82, 2.24) is 20.6 Å². The van der Waals surface area contributed by atoms with Gasteiger partial charge in [0.2, 0.25) is 0 Å². The number of nitrogens with zero attached hydrogens (tertiary/aromatic N) is 4. The molecule has 0 amide bonds. The Labute approximate surface area is 95.8 Å². The molecule has 0 spiro atoms. The van der Waals surface area contributed by atoms with Crippen LogP contribution in [0.4, 0.5) is 5.69 Å². The van der Waals surface area contributed by atoms with Crippen molar-refractivity contribution in [3.05, 3.63) is 40.2 Å². The van der Waals surface area contributed by atoms with Crippen LogP contribution in [0.3, 0.4) is 0 Å². The van der Waals surface area contributed by atoms with E-state index in [2.05, 4.69) is 20.6 Å². The second kappa shape index (κ2) is 5.01. The van der Waals surface area contributed by atoms with Crippen LogP contribution in [0, 0.1) is 10.1 Å². The van der Waals surface area contributed by atoms with Gasteiger partial charge in [0.1, 0.15) is 0 Å². The molecule has 1 N–H and O–H groups in total. The van der Waals surface area contributed by atoms with E-state index in [-0.39, 0.29) is 18.0 Å². The van der Waals surface area contributed by atoms with Gasteiger partial charge in [-0.05, 0) is 6.07 Å². The van der Waals surface area contributed by atoms with Gasteiger partial charge in [-0.2, -0.15) is 5.21 Å². The first kappa shape index (κ1) is 11.0. The average Bonchev–Trinajstić information content (AvgIpc) is 2.82. The predicted molar refractivity (Wildman–Crippen MR) is 56.5 cm³/mol. The van der Waals surface area contributed by atoms with Crippen LogP contribution in [-0.4, -0.2) is 32.2 Å². The minimum absolute atomic E-state index is 0.0550. The fraction of sp³-hybridized carbons (Fsp3) is 0.222. The van der Waals surface area contributed by atoms with Gasteiger partial charge in [-0.25, -0.2) is 0 Å². The molecule has 0 aliphatic heterocycles. The Balaban J connectivity index is 1.97. The highest BCUT2D eigenvalue weighted by Gasteiger charge is 2.13. The van der Waals surface area contributed by atoms with Gasteiger partial charge in [0, 0.05) is 12.5 Å². The number of aromatic nitrogens is 4. The lowest BCUT2D eigenvalue weighted by molar-refractivity contribution is -0.385. The highest BCUT2D eigenvalue weighted by molar-refractivity contribution is 5.45. The largest absolute Gasteiger partial charge is 0.486 e. The van der Waals surface area contributed by atoms with Crippen LogP contribution >= 0.6 is 0 Å². The first-order valence-corrected chi connectivity index (χ1v) is 4.86. The maximum Gasteiger partial charge on any atom is 0.310 e. The van der Waals surface area contributed by atoms with Crippen molar-refractivity contribution < 1.29 is 9.66 Å². The number of nitrogens with one attached hydrogen (secondary N) is 1. The molecule has 2 aromatic rings. The lowest BCUT2D eigenvalue weighted by atomic mass is 10.3. The van der Waals surface area contributed by atoms with E-state index in [0.717, 1.165) is 0 Å². The minimum atomic E-state index is -0.482. The maximum absolute atomic E-state index is 10.7. The van der Waals surface area contributed by atoms with E-state index in [4.69, 9.17) is 4.74 Å². The summed E-state index contributed by atoms with van der Waals surface area (Å²) in [6.07, 6.45) is 0.433. The van der Waals surface area contributed by atoms with Crippen LogP contribution in [-0.2, 0) is 6.42 Å². The van der Waals surface area contributed by atoms with Crippen molar-refractivity contribution in [2.24, 2.45) is 0 Å². The smallest absolute Gasteiger partial charge is 0.310 e. The molecule has 0 bridgehead atoms. The van der Waals surface area contributed by atoms with Gasteiger partial charge in [-0.15, -0.1) is 10.2 Å². The van der Waals surface area contributed by atoms with Crippen molar-refractivity contribution in [3.8, 4) is 5.75 Å². The summed E-state index contributed by atoms with van der Waals surface area (Å²) in [7, 11) is 0. The molecule has 0 radical (unpaired) electrons. The van der Waals surface area contributed by atoms with Gasteiger partial charge in [0.25, 0.3) is 0 Å². The second-order valence-corrected chi connectivity index (χ2v) is 3.15. The predicted octanol–water partition coefficient (Wildman–Crippen LogP) is 0.729. The van der Waals surface area contributed by atoms with E-state index in [0.29, 0.717) is 12.2 Å². The number of hydrogen-bond acceptors (Lipinski definition) is 6. The lowest BCUT2D eigenvalue weighted by Crippen LogP contribution is -2.04. The third-order valence-corrected chi connectivity index (χ3v) is 2.03. The molecule has 0 saturated heterocycles. The van der Waals surface area contributed by atoms with Crippen molar-refractivity contribution in [1.29, 1.82) is 0 Å². The van der Waals surface area contributed by atoms with Crippen LogP contribution in [0.25, 0.3) is 0 Å². The van der Waals surface area contributed by atoms with Crippen LogP contribution in [0.1, 0.15) is 5.82 Å². The minimum Gasteiger partial charge on any atom is -0.486 e. The van der Waals surface area contributed by atoms with Gasteiger partial charge in [0.15, 0.2) is 11.6 Å². The van der Waals surface area contributed by atoms with E-state index in [1.807, 2.05) is 0 Å². The number of aromatic amines is 1. The number of nitro groups is 1. The zero-order valence-electron chi connectivity index (χ0n) is 8.74. The molecule has 17 heavy (non-hydrogen) atoms. The normalized spacial score (nSPS) is 10.1. The Morgan fingerprint density at radius 3 is 2.94 bits per heavy atom. The number of ether oxygens (including phenoxy) is 1. The molecule has 0 aliphatic rings. The Morgan fingerprint density at radius 2 is 2.24 bits per heavy atom. The number of para-hydroxylation sites is 2. The SMILES string of the molecule is O=[N+]([O-])c1ccccc1OCCc1nn[nH]n1. The van der Waals surface area contributed by atoms with Gasteiger partial charge in [-0.3, -0.25) is 10.1 Å². The third kappa shape index (κ3) is 2.74. The maximum atomic E-state index is 10.7. The molecule has 88 valence electrons. The first-order valence-electron chi connectivity index (χ1n) is 4.86. The summed E-state index contributed by atoms with van der Waals surface area (Å²) in [6.45, 7) is 0.254. The summed E-state index contributed by atoms with van der Waals surface area (Å²) in [5, 5.41) is 23.9. The molecule has 0 fully saturated rings. The van der Waals surface area contributed by atoms with Crippen LogP contribution in [0.2, 0.25) is 0 Å². The monoisotopic (exact) mass is 235 g/mol. The fourth-order valence-corrected chi connectivity index (χ4v) is 1.27. The summed E-state index contributed by atoms with van der Waals surface area (Å²) in [5.74, 6) is 0.740. The molecular formula is C9H9N5O3. The first-order chi connectivity index (χ1) is 8.27. The van der Waals surface area contributed by atoms with E-state index in [1.165, 1.54) is 6.07 Å². The second-order valence-electron chi connectivity index (χ2n) is 3.15. The summed E-state index contributed by atoms with van der Waals surface area (Å²) in [6, 6.07) is 6.21. The number of hydrogen-bond donors (Lipinski definition) is 1. The molecule has 8 nitrogen and oxygen atoms in total. The topological polar surface area (TPSA) is 107 Å². The molecule has 0 unspecified atom stereocenters. The van der Waals surface area contributed by atoms with Crippen molar-refractivity contribution in [3.63, 3.8) is 0 Å². The molecule has 2 rings (SSSR count). The Bertz CT molecular complexity index is 499. The Hall–Kier alpha value is -2.51. The average molecular weight is 235 g/mol. The van der Waals surface area contributed by atoms with E-state index in [1.54, 1.807) is 18.2 Å². The fourth-order valence-electron chi connectivity index (χ4n) is 1.27. The molecule has 1 aromatic carbocycles. The molecule has 0 aliphatic carbocycles. The number of tetrazole rings is 1. The zero-order chi connectivity index (χ0) is 12.1. The number of H-pyrrole nitrogens is 1. The summed E-state index contributed by atoms with van der Waals surface area (Å²) in [4.78, 5) is 10.2. The van der Waals surface area contributed by atoms with Crippen LogP contribution in [0.15, 0.2) is 24.3 Å². The molecule has 0 saturated carbocycles. The lowest BCUT2D eigenvalue weighted by Gasteiger charge is -2.04.